The smallest absolute Gasteiger partial charge is 0.122 e. The van der Waals surface area contributed by atoms with Crippen LogP contribution in [0.25, 0.3) is 0 Å². The third kappa shape index (κ3) is 4.06. The number of para-hydroxylation sites is 1. The van der Waals surface area contributed by atoms with Gasteiger partial charge < -0.3 is 14.6 Å². The highest BCUT2D eigenvalue weighted by atomic mass is 16.5. The Balaban J connectivity index is 1.48. The number of ether oxygens (including phenoxy) is 2. The Morgan fingerprint density at radius 2 is 2.13 bits per heavy atom. The lowest BCUT2D eigenvalue weighted by atomic mass is 9.87. The van der Waals surface area contributed by atoms with Crippen LogP contribution in [0.3, 0.4) is 0 Å². The summed E-state index contributed by atoms with van der Waals surface area (Å²) < 4.78 is 11.4. The fraction of sp³-hybridized carbons (Fsp3) is 0.684. The molecule has 2 aliphatic heterocycles. The van der Waals surface area contributed by atoms with Crippen LogP contribution in [-0.2, 0) is 4.74 Å². The monoisotopic (exact) mass is 319 g/mol. The molecule has 4 heteroatoms. The molecule has 2 fully saturated rings. The van der Waals surface area contributed by atoms with Gasteiger partial charge in [-0.25, -0.2) is 0 Å². The van der Waals surface area contributed by atoms with Gasteiger partial charge in [-0.3, -0.25) is 4.90 Å². The fourth-order valence-electron chi connectivity index (χ4n) is 3.78. The number of nitrogens with zero attached hydrogens (tertiary/aromatic N) is 1. The highest BCUT2D eigenvalue weighted by Crippen LogP contribution is 2.38. The summed E-state index contributed by atoms with van der Waals surface area (Å²) in [7, 11) is 0. The third-order valence-electron chi connectivity index (χ3n) is 5.14. The number of benzene rings is 1. The molecule has 128 valence electrons. The van der Waals surface area contributed by atoms with Crippen molar-refractivity contribution in [2.75, 3.05) is 39.5 Å². The van der Waals surface area contributed by atoms with Gasteiger partial charge in [0.25, 0.3) is 0 Å². The van der Waals surface area contributed by atoms with E-state index in [2.05, 4.69) is 24.8 Å². The first-order valence-corrected chi connectivity index (χ1v) is 8.78. The summed E-state index contributed by atoms with van der Waals surface area (Å²) >= 11 is 0. The minimum atomic E-state index is -0.451. The number of hydrogen-bond donors (Lipinski definition) is 1. The van der Waals surface area contributed by atoms with Crippen molar-refractivity contribution in [2.24, 2.45) is 5.41 Å². The molecule has 2 saturated heterocycles. The van der Waals surface area contributed by atoms with Crippen molar-refractivity contribution in [3.05, 3.63) is 29.8 Å². The first kappa shape index (κ1) is 16.7. The third-order valence-corrected chi connectivity index (χ3v) is 5.14. The van der Waals surface area contributed by atoms with Crippen LogP contribution in [-0.4, -0.2) is 55.6 Å². The molecule has 2 unspecified atom stereocenters. The van der Waals surface area contributed by atoms with Crippen molar-refractivity contribution < 1.29 is 14.6 Å². The summed E-state index contributed by atoms with van der Waals surface area (Å²) in [4.78, 5) is 2.36. The van der Waals surface area contributed by atoms with E-state index >= 15 is 0 Å². The van der Waals surface area contributed by atoms with E-state index in [1.54, 1.807) is 0 Å². The molecule has 23 heavy (non-hydrogen) atoms. The van der Waals surface area contributed by atoms with Crippen molar-refractivity contribution in [3.8, 4) is 5.75 Å². The minimum absolute atomic E-state index is 0.351. The van der Waals surface area contributed by atoms with E-state index in [9.17, 15) is 5.11 Å². The van der Waals surface area contributed by atoms with Crippen LogP contribution in [0.15, 0.2) is 24.3 Å². The molecule has 1 spiro atoms. The maximum absolute atomic E-state index is 10.3. The summed E-state index contributed by atoms with van der Waals surface area (Å²) in [6.07, 6.45) is 1.90. The summed E-state index contributed by atoms with van der Waals surface area (Å²) in [6.45, 7) is 9.24. The molecule has 2 atom stereocenters. The molecule has 0 aromatic heterocycles. The number of β-amino-alcohol motifs (C(OH)–C–C–N with tert-alkyl or cyclic N) is 1. The summed E-state index contributed by atoms with van der Waals surface area (Å²) in [6, 6.07) is 8.10. The predicted octanol–water partition coefficient (Wildman–Crippen LogP) is 2.66. The number of aliphatic hydroxyl groups excluding tert-OH is 1. The van der Waals surface area contributed by atoms with Crippen LogP contribution >= 0.6 is 0 Å². The van der Waals surface area contributed by atoms with Crippen molar-refractivity contribution in [3.63, 3.8) is 0 Å². The summed E-state index contributed by atoms with van der Waals surface area (Å²) in [5, 5.41) is 10.3. The largest absolute Gasteiger partial charge is 0.491 e. The number of likely N-dealkylation sites (tertiary alicyclic amines) is 1. The first-order valence-electron chi connectivity index (χ1n) is 8.78. The number of rotatable bonds is 6. The zero-order chi connectivity index (χ0) is 16.3. The Labute approximate surface area is 139 Å². The second-order valence-electron chi connectivity index (χ2n) is 7.45. The predicted molar refractivity (Wildman–Crippen MR) is 91.0 cm³/mol. The minimum Gasteiger partial charge on any atom is -0.491 e. The lowest BCUT2D eigenvalue weighted by Crippen LogP contribution is -2.36. The van der Waals surface area contributed by atoms with Gasteiger partial charge in [0.05, 0.1) is 6.61 Å². The Hall–Kier alpha value is -1.10. The van der Waals surface area contributed by atoms with Crippen LogP contribution in [0.5, 0.6) is 5.75 Å². The molecular weight excluding hydrogens is 290 g/mol. The molecule has 0 aliphatic carbocycles. The van der Waals surface area contributed by atoms with Gasteiger partial charge in [-0.2, -0.15) is 0 Å². The fourth-order valence-corrected chi connectivity index (χ4v) is 3.78. The summed E-state index contributed by atoms with van der Waals surface area (Å²) in [5.41, 5.74) is 1.55. The molecular formula is C19H29NO3. The van der Waals surface area contributed by atoms with Gasteiger partial charge in [0.1, 0.15) is 18.5 Å². The summed E-state index contributed by atoms with van der Waals surface area (Å²) in [5.74, 6) is 1.31. The van der Waals surface area contributed by atoms with E-state index in [1.165, 1.54) is 12.0 Å². The Kier molecular flexibility index (Phi) is 5.24. The van der Waals surface area contributed by atoms with E-state index in [4.69, 9.17) is 9.47 Å². The highest BCUT2D eigenvalue weighted by Gasteiger charge is 2.41. The van der Waals surface area contributed by atoms with E-state index in [1.807, 2.05) is 18.2 Å². The lowest BCUT2D eigenvalue weighted by molar-refractivity contribution is 0.0700. The van der Waals surface area contributed by atoms with Crippen LogP contribution < -0.4 is 4.74 Å². The molecule has 0 amide bonds. The van der Waals surface area contributed by atoms with Gasteiger partial charge in [-0.1, -0.05) is 32.0 Å². The number of hydrogen-bond acceptors (Lipinski definition) is 4. The zero-order valence-corrected chi connectivity index (χ0v) is 14.3. The van der Waals surface area contributed by atoms with Crippen molar-refractivity contribution in [2.45, 2.75) is 38.7 Å². The maximum Gasteiger partial charge on any atom is 0.122 e. The molecule has 2 heterocycles. The van der Waals surface area contributed by atoms with Gasteiger partial charge in [0.15, 0.2) is 0 Å². The van der Waals surface area contributed by atoms with Crippen molar-refractivity contribution in [1.29, 1.82) is 0 Å². The van der Waals surface area contributed by atoms with Crippen molar-refractivity contribution >= 4 is 0 Å². The highest BCUT2D eigenvalue weighted by molar-refractivity contribution is 5.35. The molecule has 1 aromatic carbocycles. The van der Waals surface area contributed by atoms with E-state index < -0.39 is 6.10 Å². The lowest BCUT2D eigenvalue weighted by Gasteiger charge is -2.24. The zero-order valence-electron chi connectivity index (χ0n) is 14.3. The topological polar surface area (TPSA) is 41.9 Å². The Morgan fingerprint density at radius 1 is 1.30 bits per heavy atom. The molecule has 0 radical (unpaired) electrons. The first-order chi connectivity index (χ1) is 11.1. The van der Waals surface area contributed by atoms with Gasteiger partial charge >= 0.3 is 0 Å². The van der Waals surface area contributed by atoms with E-state index in [-0.39, 0.29) is 0 Å². The van der Waals surface area contributed by atoms with Gasteiger partial charge in [0.2, 0.25) is 0 Å². The van der Waals surface area contributed by atoms with Crippen LogP contribution in [0.1, 0.15) is 38.2 Å². The van der Waals surface area contributed by atoms with Crippen LogP contribution in [0, 0.1) is 5.41 Å². The van der Waals surface area contributed by atoms with Crippen molar-refractivity contribution in [1.82, 2.24) is 4.90 Å². The van der Waals surface area contributed by atoms with Gasteiger partial charge in [0, 0.05) is 25.1 Å². The average Bonchev–Trinajstić information content (AvgIpc) is 3.16. The normalized spacial score (nSPS) is 26.3. The number of aliphatic hydroxyl groups is 1. The molecule has 1 aromatic rings. The van der Waals surface area contributed by atoms with E-state index in [0.29, 0.717) is 24.5 Å². The van der Waals surface area contributed by atoms with Crippen LogP contribution in [0.4, 0.5) is 0 Å². The molecule has 0 bridgehead atoms. The SMILES string of the molecule is CC(C)c1ccccc1OCC(O)CN1CCC2(CCOC2)C1. The quantitative estimate of drug-likeness (QED) is 0.875. The maximum atomic E-state index is 10.3. The van der Waals surface area contributed by atoms with E-state index in [0.717, 1.165) is 38.5 Å². The van der Waals surface area contributed by atoms with Gasteiger partial charge in [-0.05, 0) is 36.9 Å². The average molecular weight is 319 g/mol. The Morgan fingerprint density at radius 3 is 2.87 bits per heavy atom. The molecule has 0 saturated carbocycles. The molecule has 3 rings (SSSR count). The standard InChI is InChI=1S/C19H29NO3/c1-15(2)17-5-3-4-6-18(17)23-12-16(21)11-20-9-7-19(13-20)8-10-22-14-19/h3-6,15-16,21H,7-14H2,1-2H3. The molecule has 1 N–H and O–H groups in total. The van der Waals surface area contributed by atoms with Gasteiger partial charge in [-0.15, -0.1) is 0 Å². The second kappa shape index (κ2) is 7.20. The Bertz CT molecular complexity index is 511. The second-order valence-corrected chi connectivity index (χ2v) is 7.45. The molecule has 2 aliphatic rings. The molecule has 4 nitrogen and oxygen atoms in total. The van der Waals surface area contributed by atoms with Crippen LogP contribution in [0.2, 0.25) is 0 Å².